The first-order valence-corrected chi connectivity index (χ1v) is 8.29. The maximum absolute atomic E-state index is 12.4. The molecule has 2 aromatic rings. The van der Waals surface area contributed by atoms with Crippen LogP contribution < -0.4 is 10.5 Å². The molecule has 2 rings (SSSR count). The number of benzene rings is 2. The molecule has 6 heteroatoms. The molecule has 0 aliphatic rings. The van der Waals surface area contributed by atoms with E-state index in [9.17, 15) is 8.42 Å². The van der Waals surface area contributed by atoms with Crippen LogP contribution in [0, 0.1) is 6.92 Å². The summed E-state index contributed by atoms with van der Waals surface area (Å²) in [6.45, 7) is 3.63. The standard InChI is InChI=1S/C15H17ClN2O2S/c1-10-3-8-15(14(17)9-10)21(19,20)18-11(2)12-4-6-13(16)7-5-12/h3-9,11,18H,17H2,1-2H3. The lowest BCUT2D eigenvalue weighted by atomic mass is 10.1. The van der Waals surface area contributed by atoms with Crippen molar-refractivity contribution in [2.24, 2.45) is 0 Å². The van der Waals surface area contributed by atoms with Gasteiger partial charge in [-0.25, -0.2) is 13.1 Å². The quantitative estimate of drug-likeness (QED) is 0.848. The summed E-state index contributed by atoms with van der Waals surface area (Å²) in [6.07, 6.45) is 0. The van der Waals surface area contributed by atoms with E-state index < -0.39 is 10.0 Å². The molecule has 112 valence electrons. The van der Waals surface area contributed by atoms with Gasteiger partial charge in [-0.3, -0.25) is 0 Å². The predicted molar refractivity (Wildman–Crippen MR) is 85.8 cm³/mol. The zero-order valence-electron chi connectivity index (χ0n) is 11.8. The highest BCUT2D eigenvalue weighted by molar-refractivity contribution is 7.89. The average molecular weight is 325 g/mol. The highest BCUT2D eigenvalue weighted by Crippen LogP contribution is 2.23. The van der Waals surface area contributed by atoms with E-state index >= 15 is 0 Å². The fraction of sp³-hybridized carbons (Fsp3) is 0.200. The summed E-state index contributed by atoms with van der Waals surface area (Å²) in [5.74, 6) is 0. The molecule has 0 amide bonds. The van der Waals surface area contributed by atoms with E-state index in [1.54, 1.807) is 43.3 Å². The number of hydrogen-bond acceptors (Lipinski definition) is 3. The molecule has 1 atom stereocenters. The molecule has 0 heterocycles. The number of anilines is 1. The predicted octanol–water partition coefficient (Wildman–Crippen LogP) is 3.27. The van der Waals surface area contributed by atoms with Gasteiger partial charge < -0.3 is 5.73 Å². The Morgan fingerprint density at radius 1 is 1.14 bits per heavy atom. The van der Waals surface area contributed by atoms with Crippen molar-refractivity contribution in [1.82, 2.24) is 4.72 Å². The Morgan fingerprint density at radius 2 is 1.76 bits per heavy atom. The molecular formula is C15H17ClN2O2S. The van der Waals surface area contributed by atoms with Crippen molar-refractivity contribution in [2.45, 2.75) is 24.8 Å². The van der Waals surface area contributed by atoms with Crippen molar-refractivity contribution in [1.29, 1.82) is 0 Å². The van der Waals surface area contributed by atoms with Crippen LogP contribution in [-0.2, 0) is 10.0 Å². The molecule has 0 aromatic heterocycles. The van der Waals surface area contributed by atoms with Crippen LogP contribution in [-0.4, -0.2) is 8.42 Å². The van der Waals surface area contributed by atoms with Crippen LogP contribution in [0.15, 0.2) is 47.4 Å². The van der Waals surface area contributed by atoms with E-state index in [2.05, 4.69) is 4.72 Å². The SMILES string of the molecule is Cc1ccc(S(=O)(=O)NC(C)c2ccc(Cl)cc2)c(N)c1. The molecule has 0 aliphatic carbocycles. The summed E-state index contributed by atoms with van der Waals surface area (Å²) in [6, 6.07) is 11.5. The van der Waals surface area contributed by atoms with E-state index in [0.29, 0.717) is 5.02 Å². The Balaban J connectivity index is 2.26. The summed E-state index contributed by atoms with van der Waals surface area (Å²) in [5, 5.41) is 0.608. The van der Waals surface area contributed by atoms with Crippen LogP contribution in [0.5, 0.6) is 0 Å². The monoisotopic (exact) mass is 324 g/mol. The summed E-state index contributed by atoms with van der Waals surface area (Å²) < 4.78 is 27.4. The Hall–Kier alpha value is -1.56. The summed E-state index contributed by atoms with van der Waals surface area (Å²) in [7, 11) is -3.67. The fourth-order valence-electron chi connectivity index (χ4n) is 2.03. The molecule has 0 saturated carbocycles. The fourth-order valence-corrected chi connectivity index (χ4v) is 3.50. The summed E-state index contributed by atoms with van der Waals surface area (Å²) >= 11 is 5.83. The number of rotatable bonds is 4. The Morgan fingerprint density at radius 3 is 2.33 bits per heavy atom. The topological polar surface area (TPSA) is 72.2 Å². The van der Waals surface area contributed by atoms with Gasteiger partial charge >= 0.3 is 0 Å². The van der Waals surface area contributed by atoms with Crippen LogP contribution in [0.2, 0.25) is 5.02 Å². The van der Waals surface area contributed by atoms with Gasteiger partial charge in [0.1, 0.15) is 4.90 Å². The smallest absolute Gasteiger partial charge is 0.243 e. The van der Waals surface area contributed by atoms with Gasteiger partial charge in [0.2, 0.25) is 10.0 Å². The maximum atomic E-state index is 12.4. The third-order valence-corrected chi connectivity index (χ3v) is 5.02. The molecule has 3 N–H and O–H groups in total. The van der Waals surface area contributed by atoms with Gasteiger partial charge in [0, 0.05) is 11.1 Å². The van der Waals surface area contributed by atoms with Crippen LogP contribution in [0.3, 0.4) is 0 Å². The Labute approximate surface area is 130 Å². The van der Waals surface area contributed by atoms with Crippen LogP contribution >= 0.6 is 11.6 Å². The first kappa shape index (κ1) is 15.8. The zero-order valence-corrected chi connectivity index (χ0v) is 13.4. The average Bonchev–Trinajstić information content (AvgIpc) is 2.38. The molecule has 2 aromatic carbocycles. The first-order valence-electron chi connectivity index (χ1n) is 6.43. The van der Waals surface area contributed by atoms with Crippen molar-refractivity contribution < 1.29 is 8.42 Å². The van der Waals surface area contributed by atoms with Crippen molar-refractivity contribution in [3.8, 4) is 0 Å². The number of halogens is 1. The second-order valence-electron chi connectivity index (χ2n) is 4.94. The summed E-state index contributed by atoms with van der Waals surface area (Å²) in [4.78, 5) is 0.0916. The second-order valence-corrected chi connectivity index (χ2v) is 7.05. The second kappa shape index (κ2) is 6.05. The lowest BCUT2D eigenvalue weighted by Gasteiger charge is -2.16. The van der Waals surface area contributed by atoms with E-state index in [0.717, 1.165) is 11.1 Å². The lowest BCUT2D eigenvalue weighted by molar-refractivity contribution is 0.567. The van der Waals surface area contributed by atoms with Crippen molar-refractivity contribution in [2.75, 3.05) is 5.73 Å². The minimum absolute atomic E-state index is 0.0916. The number of aryl methyl sites for hydroxylation is 1. The van der Waals surface area contributed by atoms with Gasteiger partial charge in [0.15, 0.2) is 0 Å². The molecular weight excluding hydrogens is 308 g/mol. The third-order valence-electron chi connectivity index (χ3n) is 3.16. The minimum atomic E-state index is -3.67. The molecule has 1 unspecified atom stereocenters. The highest BCUT2D eigenvalue weighted by atomic mass is 35.5. The Kier molecular flexibility index (Phi) is 4.56. The van der Waals surface area contributed by atoms with Crippen LogP contribution in [0.25, 0.3) is 0 Å². The number of hydrogen-bond donors (Lipinski definition) is 2. The zero-order chi connectivity index (χ0) is 15.6. The van der Waals surface area contributed by atoms with Gasteiger partial charge in [0.25, 0.3) is 0 Å². The number of nitrogens with two attached hydrogens (primary N) is 1. The lowest BCUT2D eigenvalue weighted by Crippen LogP contribution is -2.27. The maximum Gasteiger partial charge on any atom is 0.243 e. The first-order chi connectivity index (χ1) is 9.79. The Bertz CT molecular complexity index is 743. The largest absolute Gasteiger partial charge is 0.398 e. The van der Waals surface area contributed by atoms with Crippen molar-refractivity contribution >= 4 is 27.3 Å². The number of nitrogens with one attached hydrogen (secondary N) is 1. The molecule has 0 aliphatic heterocycles. The van der Waals surface area contributed by atoms with Gasteiger partial charge in [-0.2, -0.15) is 0 Å². The minimum Gasteiger partial charge on any atom is -0.398 e. The van der Waals surface area contributed by atoms with Crippen molar-refractivity contribution in [3.63, 3.8) is 0 Å². The molecule has 0 saturated heterocycles. The molecule has 0 spiro atoms. The molecule has 0 fully saturated rings. The van der Waals surface area contributed by atoms with Gasteiger partial charge in [-0.1, -0.05) is 29.8 Å². The van der Waals surface area contributed by atoms with E-state index in [1.807, 2.05) is 6.92 Å². The normalized spacial score (nSPS) is 13.1. The molecule has 21 heavy (non-hydrogen) atoms. The van der Waals surface area contributed by atoms with Crippen molar-refractivity contribution in [3.05, 3.63) is 58.6 Å². The van der Waals surface area contributed by atoms with E-state index in [4.69, 9.17) is 17.3 Å². The molecule has 4 nitrogen and oxygen atoms in total. The molecule has 0 bridgehead atoms. The number of sulfonamides is 1. The third kappa shape index (κ3) is 3.75. The molecule has 0 radical (unpaired) electrons. The van der Waals surface area contributed by atoms with Gasteiger partial charge in [-0.15, -0.1) is 0 Å². The van der Waals surface area contributed by atoms with Gasteiger partial charge in [0.05, 0.1) is 5.69 Å². The highest BCUT2D eigenvalue weighted by Gasteiger charge is 2.20. The van der Waals surface area contributed by atoms with E-state index in [-0.39, 0.29) is 16.6 Å². The van der Waals surface area contributed by atoms with E-state index in [1.165, 1.54) is 6.07 Å². The van der Waals surface area contributed by atoms with Gasteiger partial charge in [-0.05, 0) is 49.2 Å². The van der Waals surface area contributed by atoms with Crippen LogP contribution in [0.4, 0.5) is 5.69 Å². The number of nitrogen functional groups attached to an aromatic ring is 1. The van der Waals surface area contributed by atoms with Crippen LogP contribution in [0.1, 0.15) is 24.1 Å². The summed E-state index contributed by atoms with van der Waals surface area (Å²) in [5.41, 5.74) is 7.79.